The minimum atomic E-state index is -0.240. The molecule has 0 radical (unpaired) electrons. The number of nitrogens with one attached hydrogen (secondary N) is 1. The number of carbonyl (C=O) groups is 1. The van der Waals surface area contributed by atoms with Gasteiger partial charge in [0.1, 0.15) is 5.69 Å². The summed E-state index contributed by atoms with van der Waals surface area (Å²) in [6.45, 7) is 4.06. The molecular formula is C9H14N4O. The highest BCUT2D eigenvalue weighted by molar-refractivity contribution is 5.92. The lowest BCUT2D eigenvalue weighted by Gasteiger charge is -2.10. The van der Waals surface area contributed by atoms with Crippen LogP contribution in [0.15, 0.2) is 12.4 Å². The fourth-order valence-electron chi connectivity index (χ4n) is 0.866. The highest BCUT2D eigenvalue weighted by Gasteiger charge is 2.09. The summed E-state index contributed by atoms with van der Waals surface area (Å²) in [4.78, 5) is 19.4. The molecule has 3 N–H and O–H groups in total. The molecule has 0 saturated carbocycles. The second-order valence-electron chi connectivity index (χ2n) is 3.15. The van der Waals surface area contributed by atoms with Crippen LogP contribution in [0, 0.1) is 6.92 Å². The summed E-state index contributed by atoms with van der Waals surface area (Å²) in [6, 6.07) is -0.0504. The predicted octanol–water partition coefficient (Wildman–Crippen LogP) is -0.138. The first-order valence-corrected chi connectivity index (χ1v) is 4.43. The van der Waals surface area contributed by atoms with Crippen LogP contribution in [-0.2, 0) is 0 Å². The van der Waals surface area contributed by atoms with Gasteiger partial charge in [0.15, 0.2) is 0 Å². The number of carbonyl (C=O) groups excluding carboxylic acids is 1. The Balaban J connectivity index is 2.65. The Morgan fingerprint density at radius 2 is 2.29 bits per heavy atom. The van der Waals surface area contributed by atoms with E-state index in [2.05, 4.69) is 15.3 Å². The molecule has 1 rings (SSSR count). The summed E-state index contributed by atoms with van der Waals surface area (Å²) in [5, 5.41) is 2.70. The molecule has 0 aliphatic heterocycles. The van der Waals surface area contributed by atoms with Crippen LogP contribution in [0.4, 0.5) is 0 Å². The van der Waals surface area contributed by atoms with Crippen molar-refractivity contribution in [1.82, 2.24) is 15.3 Å². The van der Waals surface area contributed by atoms with Crippen LogP contribution in [0.25, 0.3) is 0 Å². The van der Waals surface area contributed by atoms with Gasteiger partial charge in [-0.15, -0.1) is 0 Å². The third-order valence-electron chi connectivity index (χ3n) is 1.74. The average molecular weight is 194 g/mol. The van der Waals surface area contributed by atoms with Crippen molar-refractivity contribution < 1.29 is 4.79 Å². The molecule has 1 amide bonds. The molecule has 14 heavy (non-hydrogen) atoms. The zero-order valence-electron chi connectivity index (χ0n) is 8.32. The molecule has 1 heterocycles. The summed E-state index contributed by atoms with van der Waals surface area (Å²) in [5.41, 5.74) is 6.47. The number of nitrogens with zero attached hydrogens (tertiary/aromatic N) is 2. The van der Waals surface area contributed by atoms with Crippen LogP contribution >= 0.6 is 0 Å². The lowest BCUT2D eigenvalue weighted by Crippen LogP contribution is -2.38. The molecule has 1 aromatic heterocycles. The van der Waals surface area contributed by atoms with Crippen LogP contribution in [0.2, 0.25) is 0 Å². The molecule has 1 atom stereocenters. The fourth-order valence-corrected chi connectivity index (χ4v) is 0.866. The van der Waals surface area contributed by atoms with Gasteiger partial charge in [-0.1, -0.05) is 0 Å². The molecule has 5 heteroatoms. The fraction of sp³-hybridized carbons (Fsp3) is 0.444. The Morgan fingerprint density at radius 3 is 2.79 bits per heavy atom. The Kier molecular flexibility index (Phi) is 3.53. The van der Waals surface area contributed by atoms with Crippen molar-refractivity contribution in [2.24, 2.45) is 5.73 Å². The van der Waals surface area contributed by atoms with E-state index in [1.807, 2.05) is 13.8 Å². The third kappa shape index (κ3) is 2.77. The van der Waals surface area contributed by atoms with Crippen LogP contribution in [0.3, 0.4) is 0 Å². The second-order valence-corrected chi connectivity index (χ2v) is 3.15. The van der Waals surface area contributed by atoms with Gasteiger partial charge in [-0.25, -0.2) is 4.98 Å². The summed E-state index contributed by atoms with van der Waals surface area (Å²) in [7, 11) is 0. The number of rotatable bonds is 3. The van der Waals surface area contributed by atoms with Gasteiger partial charge in [-0.05, 0) is 13.8 Å². The molecule has 0 aliphatic rings. The highest BCUT2D eigenvalue weighted by Crippen LogP contribution is 1.94. The molecule has 76 valence electrons. The molecule has 0 saturated heterocycles. The van der Waals surface area contributed by atoms with E-state index in [1.165, 1.54) is 6.20 Å². The largest absolute Gasteiger partial charge is 0.347 e. The molecule has 5 nitrogen and oxygen atoms in total. The van der Waals surface area contributed by atoms with Gasteiger partial charge in [0.25, 0.3) is 5.91 Å². The first-order valence-electron chi connectivity index (χ1n) is 4.43. The number of amides is 1. The first kappa shape index (κ1) is 10.6. The molecule has 0 unspecified atom stereocenters. The average Bonchev–Trinajstić information content (AvgIpc) is 2.18. The van der Waals surface area contributed by atoms with Gasteiger partial charge in [-0.2, -0.15) is 0 Å². The predicted molar refractivity (Wildman–Crippen MR) is 52.8 cm³/mol. The Hall–Kier alpha value is -1.49. The number of nitrogens with two attached hydrogens (primary N) is 1. The van der Waals surface area contributed by atoms with E-state index in [-0.39, 0.29) is 11.9 Å². The molecular weight excluding hydrogens is 180 g/mol. The standard InChI is InChI=1S/C9H14N4O/c1-6(3-10)13-9(14)8-5-11-7(2)4-12-8/h4-6H,3,10H2,1-2H3,(H,13,14)/t6-/m1/s1. The SMILES string of the molecule is Cc1cnc(C(=O)N[C@H](C)CN)cn1. The van der Waals surface area contributed by atoms with E-state index in [0.29, 0.717) is 12.2 Å². The molecule has 0 spiro atoms. The Bertz CT molecular complexity index is 309. The van der Waals surface area contributed by atoms with Crippen LogP contribution in [0.5, 0.6) is 0 Å². The summed E-state index contributed by atoms with van der Waals surface area (Å²) in [5.74, 6) is -0.240. The molecule has 0 fully saturated rings. The molecule has 0 aliphatic carbocycles. The maximum Gasteiger partial charge on any atom is 0.271 e. The summed E-state index contributed by atoms with van der Waals surface area (Å²) >= 11 is 0. The minimum absolute atomic E-state index is 0.0504. The first-order chi connectivity index (χ1) is 6.63. The molecule has 1 aromatic rings. The van der Waals surface area contributed by atoms with Gasteiger partial charge in [0, 0.05) is 18.8 Å². The highest BCUT2D eigenvalue weighted by atomic mass is 16.1. The van der Waals surface area contributed by atoms with Crippen molar-refractivity contribution in [3.8, 4) is 0 Å². The van der Waals surface area contributed by atoms with E-state index >= 15 is 0 Å². The maximum absolute atomic E-state index is 11.5. The minimum Gasteiger partial charge on any atom is -0.347 e. The number of aryl methyl sites for hydroxylation is 1. The van der Waals surface area contributed by atoms with Crippen LogP contribution in [0.1, 0.15) is 23.1 Å². The number of hydrogen-bond acceptors (Lipinski definition) is 4. The number of hydrogen-bond donors (Lipinski definition) is 2. The van der Waals surface area contributed by atoms with Crippen molar-refractivity contribution in [1.29, 1.82) is 0 Å². The van der Waals surface area contributed by atoms with Crippen LogP contribution < -0.4 is 11.1 Å². The summed E-state index contributed by atoms with van der Waals surface area (Å²) < 4.78 is 0. The monoisotopic (exact) mass is 194 g/mol. The zero-order valence-corrected chi connectivity index (χ0v) is 8.32. The normalized spacial score (nSPS) is 12.2. The zero-order chi connectivity index (χ0) is 10.6. The Morgan fingerprint density at radius 1 is 1.57 bits per heavy atom. The number of aromatic nitrogens is 2. The van der Waals surface area contributed by atoms with Crippen molar-refractivity contribution in [3.63, 3.8) is 0 Å². The van der Waals surface area contributed by atoms with E-state index in [0.717, 1.165) is 5.69 Å². The van der Waals surface area contributed by atoms with Crippen molar-refractivity contribution in [2.75, 3.05) is 6.54 Å². The van der Waals surface area contributed by atoms with E-state index in [9.17, 15) is 4.79 Å². The van der Waals surface area contributed by atoms with Gasteiger partial charge in [-0.3, -0.25) is 9.78 Å². The molecule has 0 bridgehead atoms. The second kappa shape index (κ2) is 4.66. The van der Waals surface area contributed by atoms with E-state index < -0.39 is 0 Å². The maximum atomic E-state index is 11.5. The summed E-state index contributed by atoms with van der Waals surface area (Å²) in [6.07, 6.45) is 3.01. The lowest BCUT2D eigenvalue weighted by atomic mass is 10.3. The van der Waals surface area contributed by atoms with Gasteiger partial charge < -0.3 is 11.1 Å². The van der Waals surface area contributed by atoms with Crippen molar-refractivity contribution >= 4 is 5.91 Å². The van der Waals surface area contributed by atoms with Gasteiger partial charge in [0.05, 0.1) is 11.9 Å². The van der Waals surface area contributed by atoms with Gasteiger partial charge >= 0.3 is 0 Å². The molecule has 0 aromatic carbocycles. The van der Waals surface area contributed by atoms with Gasteiger partial charge in [0.2, 0.25) is 0 Å². The van der Waals surface area contributed by atoms with E-state index in [1.54, 1.807) is 6.20 Å². The van der Waals surface area contributed by atoms with Crippen LogP contribution in [-0.4, -0.2) is 28.5 Å². The van der Waals surface area contributed by atoms with E-state index in [4.69, 9.17) is 5.73 Å². The lowest BCUT2D eigenvalue weighted by molar-refractivity contribution is 0.0936. The third-order valence-corrected chi connectivity index (χ3v) is 1.74. The van der Waals surface area contributed by atoms with Crippen molar-refractivity contribution in [2.45, 2.75) is 19.9 Å². The quantitative estimate of drug-likeness (QED) is 0.702. The van der Waals surface area contributed by atoms with Crippen molar-refractivity contribution in [3.05, 3.63) is 23.8 Å². The smallest absolute Gasteiger partial charge is 0.271 e. The Labute approximate surface area is 82.7 Å². The topological polar surface area (TPSA) is 80.9 Å².